The zero-order valence-electron chi connectivity index (χ0n) is 15.8. The average Bonchev–Trinajstić information content (AvgIpc) is 3.40. The number of nitrogens with zero attached hydrogens (tertiary/aromatic N) is 5. The number of rotatable bonds is 3. The molecule has 0 fully saturated rings. The van der Waals surface area contributed by atoms with Gasteiger partial charge in [0, 0.05) is 38.7 Å². The number of carbonyl (C=O) groups excluding carboxylic acids is 1. The van der Waals surface area contributed by atoms with Crippen molar-refractivity contribution in [1.29, 1.82) is 0 Å². The Morgan fingerprint density at radius 2 is 2.18 bits per heavy atom. The Morgan fingerprint density at radius 1 is 1.25 bits per heavy atom. The molecule has 2 aromatic heterocycles. The van der Waals surface area contributed by atoms with Crippen LogP contribution in [0.5, 0.6) is 5.75 Å². The molecule has 144 valence electrons. The second kappa shape index (κ2) is 6.78. The van der Waals surface area contributed by atoms with Crippen molar-refractivity contribution in [2.45, 2.75) is 38.3 Å². The maximum atomic E-state index is 12.9. The summed E-state index contributed by atoms with van der Waals surface area (Å²) in [6.45, 7) is 1.41. The molecular weight excluding hydrogens is 356 g/mol. The third kappa shape index (κ3) is 2.94. The topological polar surface area (TPSA) is 86.9 Å². The molecule has 2 aliphatic rings. The number of aromatic nitrogens is 5. The SMILES string of the molecule is Cn1cc(-c2nnc3n2CCC(NC(=O)c2cccc4c2OCC4)CC3)cn1. The Hall–Kier alpha value is -3.16. The molecule has 1 unspecified atom stereocenters. The summed E-state index contributed by atoms with van der Waals surface area (Å²) in [5.41, 5.74) is 2.70. The highest BCUT2D eigenvalue weighted by Crippen LogP contribution is 2.29. The van der Waals surface area contributed by atoms with Crippen LogP contribution in [0.25, 0.3) is 11.4 Å². The zero-order valence-corrected chi connectivity index (χ0v) is 15.8. The highest BCUT2D eigenvalue weighted by molar-refractivity contribution is 5.97. The number of para-hydroxylation sites is 1. The van der Waals surface area contributed by atoms with Crippen LogP contribution in [0.3, 0.4) is 0 Å². The first kappa shape index (κ1) is 17.0. The first-order chi connectivity index (χ1) is 13.7. The molecule has 0 saturated carbocycles. The van der Waals surface area contributed by atoms with Gasteiger partial charge >= 0.3 is 0 Å². The molecule has 5 rings (SSSR count). The number of nitrogens with one attached hydrogen (secondary N) is 1. The lowest BCUT2D eigenvalue weighted by Crippen LogP contribution is -2.35. The van der Waals surface area contributed by atoms with Gasteiger partial charge in [-0.3, -0.25) is 9.48 Å². The molecule has 0 radical (unpaired) electrons. The minimum absolute atomic E-state index is 0.0612. The van der Waals surface area contributed by atoms with Crippen LogP contribution in [0.15, 0.2) is 30.6 Å². The van der Waals surface area contributed by atoms with E-state index in [1.807, 2.05) is 31.4 Å². The number of fused-ring (bicyclic) bond motifs is 2. The fourth-order valence-corrected chi connectivity index (χ4v) is 4.04. The van der Waals surface area contributed by atoms with Gasteiger partial charge in [-0.1, -0.05) is 12.1 Å². The number of aryl methyl sites for hydroxylation is 2. The van der Waals surface area contributed by atoms with Crippen LogP contribution in [-0.2, 0) is 26.4 Å². The van der Waals surface area contributed by atoms with E-state index in [-0.39, 0.29) is 11.9 Å². The van der Waals surface area contributed by atoms with Gasteiger partial charge in [-0.15, -0.1) is 10.2 Å². The van der Waals surface area contributed by atoms with E-state index in [0.717, 1.165) is 60.8 Å². The quantitative estimate of drug-likeness (QED) is 0.750. The van der Waals surface area contributed by atoms with Crippen LogP contribution in [0.4, 0.5) is 0 Å². The van der Waals surface area contributed by atoms with Gasteiger partial charge in [0.05, 0.1) is 23.9 Å². The Bertz CT molecular complexity index is 1040. The van der Waals surface area contributed by atoms with Gasteiger partial charge in [-0.2, -0.15) is 5.10 Å². The van der Waals surface area contributed by atoms with Gasteiger partial charge in [0.1, 0.15) is 11.6 Å². The molecule has 2 aliphatic heterocycles. The predicted molar refractivity (Wildman–Crippen MR) is 102 cm³/mol. The summed E-state index contributed by atoms with van der Waals surface area (Å²) in [5.74, 6) is 2.47. The van der Waals surface area contributed by atoms with E-state index in [1.54, 1.807) is 10.9 Å². The first-order valence-corrected chi connectivity index (χ1v) is 9.65. The Kier molecular flexibility index (Phi) is 4.11. The van der Waals surface area contributed by atoms with Crippen LogP contribution in [0.2, 0.25) is 0 Å². The van der Waals surface area contributed by atoms with Crippen molar-refractivity contribution in [2.75, 3.05) is 6.61 Å². The summed E-state index contributed by atoms with van der Waals surface area (Å²) in [4.78, 5) is 12.9. The minimum atomic E-state index is -0.0612. The van der Waals surface area contributed by atoms with Crippen molar-refractivity contribution < 1.29 is 9.53 Å². The number of hydrogen-bond acceptors (Lipinski definition) is 5. The van der Waals surface area contributed by atoms with E-state index >= 15 is 0 Å². The molecule has 0 bridgehead atoms. The summed E-state index contributed by atoms with van der Waals surface area (Å²) in [7, 11) is 1.89. The maximum absolute atomic E-state index is 12.9. The van der Waals surface area contributed by atoms with Crippen LogP contribution in [-0.4, -0.2) is 43.1 Å². The van der Waals surface area contributed by atoms with Gasteiger partial charge in [-0.25, -0.2) is 0 Å². The number of benzene rings is 1. The molecule has 1 aromatic carbocycles. The predicted octanol–water partition coefficient (Wildman–Crippen LogP) is 1.75. The summed E-state index contributed by atoms with van der Waals surface area (Å²) in [6, 6.07) is 5.88. The fourth-order valence-electron chi connectivity index (χ4n) is 4.04. The van der Waals surface area contributed by atoms with E-state index < -0.39 is 0 Å². The number of hydrogen-bond donors (Lipinski definition) is 1. The van der Waals surface area contributed by atoms with Gasteiger partial charge < -0.3 is 14.6 Å². The van der Waals surface area contributed by atoms with Crippen LogP contribution >= 0.6 is 0 Å². The molecular formula is C20H22N6O2. The van der Waals surface area contributed by atoms with E-state index in [0.29, 0.717) is 12.2 Å². The van der Waals surface area contributed by atoms with Gasteiger partial charge in [-0.05, 0) is 24.5 Å². The van der Waals surface area contributed by atoms with Gasteiger partial charge in [0.2, 0.25) is 0 Å². The van der Waals surface area contributed by atoms with Crippen molar-refractivity contribution in [3.05, 3.63) is 47.5 Å². The first-order valence-electron chi connectivity index (χ1n) is 9.65. The number of amides is 1. The fraction of sp³-hybridized carbons (Fsp3) is 0.400. The molecule has 1 amide bonds. The number of carbonyl (C=O) groups is 1. The maximum Gasteiger partial charge on any atom is 0.255 e. The normalized spacial score (nSPS) is 18.1. The molecule has 1 N–H and O–H groups in total. The van der Waals surface area contributed by atoms with Crippen molar-refractivity contribution in [2.24, 2.45) is 7.05 Å². The second-order valence-corrected chi connectivity index (χ2v) is 7.38. The largest absolute Gasteiger partial charge is 0.492 e. The Labute approximate surface area is 162 Å². The molecule has 0 saturated heterocycles. The molecule has 0 spiro atoms. The lowest BCUT2D eigenvalue weighted by molar-refractivity contribution is 0.0929. The molecule has 3 aromatic rings. The average molecular weight is 378 g/mol. The van der Waals surface area contributed by atoms with E-state index in [1.165, 1.54) is 0 Å². The molecule has 8 heteroatoms. The highest BCUT2D eigenvalue weighted by atomic mass is 16.5. The van der Waals surface area contributed by atoms with Crippen LogP contribution < -0.4 is 10.1 Å². The monoisotopic (exact) mass is 378 g/mol. The summed E-state index contributed by atoms with van der Waals surface area (Å²) in [6.07, 6.45) is 7.06. The summed E-state index contributed by atoms with van der Waals surface area (Å²) in [5, 5.41) is 16.1. The third-order valence-electron chi connectivity index (χ3n) is 5.50. The Balaban J connectivity index is 1.31. The van der Waals surface area contributed by atoms with E-state index in [4.69, 9.17) is 4.74 Å². The highest BCUT2D eigenvalue weighted by Gasteiger charge is 2.25. The minimum Gasteiger partial charge on any atom is -0.492 e. The molecule has 28 heavy (non-hydrogen) atoms. The second-order valence-electron chi connectivity index (χ2n) is 7.38. The van der Waals surface area contributed by atoms with E-state index in [9.17, 15) is 4.79 Å². The standard InChI is InChI=1S/C20H22N6O2/c1-25-12-14(11-21-25)19-24-23-17-6-5-15(7-9-26(17)19)22-20(27)16-4-2-3-13-8-10-28-18(13)16/h2-4,11-12,15H,5-10H2,1H3,(H,22,27). The Morgan fingerprint density at radius 3 is 3.04 bits per heavy atom. The van der Waals surface area contributed by atoms with Gasteiger partial charge in [0.25, 0.3) is 5.91 Å². The molecule has 1 atom stereocenters. The lowest BCUT2D eigenvalue weighted by Gasteiger charge is -2.17. The van der Waals surface area contributed by atoms with Crippen LogP contribution in [0, 0.1) is 0 Å². The van der Waals surface area contributed by atoms with Crippen LogP contribution in [0.1, 0.15) is 34.6 Å². The van der Waals surface area contributed by atoms with Crippen molar-refractivity contribution >= 4 is 5.91 Å². The lowest BCUT2D eigenvalue weighted by atomic mass is 10.1. The van der Waals surface area contributed by atoms with Crippen molar-refractivity contribution in [1.82, 2.24) is 29.9 Å². The summed E-state index contributed by atoms with van der Waals surface area (Å²) < 4.78 is 9.58. The molecule has 0 aliphatic carbocycles. The van der Waals surface area contributed by atoms with Crippen molar-refractivity contribution in [3.63, 3.8) is 0 Å². The smallest absolute Gasteiger partial charge is 0.255 e. The third-order valence-corrected chi connectivity index (χ3v) is 5.50. The summed E-state index contributed by atoms with van der Waals surface area (Å²) >= 11 is 0. The van der Waals surface area contributed by atoms with Crippen molar-refractivity contribution in [3.8, 4) is 17.1 Å². The molecule has 8 nitrogen and oxygen atoms in total. The number of ether oxygens (including phenoxy) is 1. The molecule has 4 heterocycles. The van der Waals surface area contributed by atoms with Gasteiger partial charge in [0.15, 0.2) is 5.82 Å². The zero-order chi connectivity index (χ0) is 19.1. The van der Waals surface area contributed by atoms with E-state index in [2.05, 4.69) is 25.2 Å².